The molecule has 0 atom stereocenters. The molecule has 4 aromatic carbocycles. The number of rotatable bonds is 4. The van der Waals surface area contributed by atoms with Crippen molar-refractivity contribution in [2.45, 2.75) is 12.4 Å². The van der Waals surface area contributed by atoms with Crippen LogP contribution in [-0.4, -0.2) is 9.61 Å². The van der Waals surface area contributed by atoms with Crippen LogP contribution in [0.1, 0.15) is 11.3 Å². The maximum Gasteiger partial charge on any atom is 0.435 e. The number of pyridine rings is 1. The van der Waals surface area contributed by atoms with Crippen LogP contribution in [0, 0.1) is 0 Å². The highest BCUT2D eigenvalue weighted by atomic mass is 19.4. The van der Waals surface area contributed by atoms with Crippen LogP contribution in [0.25, 0.3) is 50.2 Å². The Bertz CT molecular complexity index is 1820. The van der Waals surface area contributed by atoms with Gasteiger partial charge in [-0.05, 0) is 16.7 Å². The van der Waals surface area contributed by atoms with Gasteiger partial charge in [0.05, 0.1) is 11.2 Å². The van der Waals surface area contributed by atoms with E-state index < -0.39 is 29.1 Å². The van der Waals surface area contributed by atoms with Gasteiger partial charge in [0.2, 0.25) is 0 Å². The molecular weight excluding hydrogens is 538 g/mol. The molecule has 0 N–H and O–H groups in total. The highest BCUT2D eigenvalue weighted by Gasteiger charge is 2.49. The molecule has 0 spiro atoms. The van der Waals surface area contributed by atoms with Crippen LogP contribution in [-0.2, 0) is 12.4 Å². The summed E-state index contributed by atoms with van der Waals surface area (Å²) in [5.41, 5.74) is -1.61. The molecule has 0 aliphatic carbocycles. The average molecular weight is 559 g/mol. The Balaban J connectivity index is 1.99. The summed E-state index contributed by atoms with van der Waals surface area (Å²) in [5.74, 6) is 0. The number of aromatic nitrogens is 2. The lowest BCUT2D eigenvalue weighted by Crippen LogP contribution is -2.15. The minimum absolute atomic E-state index is 0.00524. The van der Waals surface area contributed by atoms with Crippen molar-refractivity contribution in [3.05, 3.63) is 133 Å². The molecule has 6 rings (SSSR count). The topological polar surface area (TPSA) is 17.3 Å². The Morgan fingerprint density at radius 2 is 0.829 bits per heavy atom. The van der Waals surface area contributed by atoms with E-state index in [-0.39, 0.29) is 11.3 Å². The molecule has 0 bridgehead atoms. The number of alkyl halides is 6. The van der Waals surface area contributed by atoms with Gasteiger partial charge in [0, 0.05) is 22.3 Å². The monoisotopic (exact) mass is 558 g/mol. The Labute approximate surface area is 231 Å². The molecule has 2 heterocycles. The van der Waals surface area contributed by atoms with E-state index in [2.05, 4.69) is 5.10 Å². The molecule has 0 saturated heterocycles. The van der Waals surface area contributed by atoms with E-state index in [4.69, 9.17) is 0 Å². The van der Waals surface area contributed by atoms with Gasteiger partial charge in [-0.1, -0.05) is 121 Å². The van der Waals surface area contributed by atoms with Crippen molar-refractivity contribution in [1.29, 1.82) is 0 Å². The SMILES string of the molecule is FC(F)(F)c1nn2c(-c3ccccc3)c(-c3ccccc3)c(-c3ccccc3)c(-c3ccccc3)c2c1C(F)(F)F. The van der Waals surface area contributed by atoms with E-state index >= 15 is 0 Å². The second kappa shape index (κ2) is 9.96. The molecule has 2 aromatic heterocycles. The minimum atomic E-state index is -5.36. The molecule has 0 amide bonds. The van der Waals surface area contributed by atoms with Crippen LogP contribution in [0.15, 0.2) is 121 Å². The second-order valence-corrected chi connectivity index (χ2v) is 9.42. The molecule has 0 aliphatic rings. The number of benzene rings is 4. The molecule has 0 saturated carbocycles. The number of hydrogen-bond acceptors (Lipinski definition) is 1. The van der Waals surface area contributed by atoms with Crippen molar-refractivity contribution >= 4 is 5.52 Å². The zero-order valence-electron chi connectivity index (χ0n) is 21.2. The first-order valence-corrected chi connectivity index (χ1v) is 12.6. The highest BCUT2D eigenvalue weighted by molar-refractivity contribution is 6.06. The van der Waals surface area contributed by atoms with Crippen molar-refractivity contribution in [3.63, 3.8) is 0 Å². The predicted molar refractivity (Wildman–Crippen MR) is 147 cm³/mol. The molecule has 8 heteroatoms. The third kappa shape index (κ3) is 4.65. The van der Waals surface area contributed by atoms with Gasteiger partial charge < -0.3 is 0 Å². The van der Waals surface area contributed by atoms with Crippen LogP contribution < -0.4 is 0 Å². The van der Waals surface area contributed by atoms with Crippen molar-refractivity contribution in [2.24, 2.45) is 0 Å². The first-order chi connectivity index (χ1) is 19.7. The van der Waals surface area contributed by atoms with Gasteiger partial charge in [0.15, 0.2) is 5.69 Å². The summed E-state index contributed by atoms with van der Waals surface area (Å²) < 4.78 is 88.2. The van der Waals surface area contributed by atoms with Crippen LogP contribution >= 0.6 is 0 Å². The van der Waals surface area contributed by atoms with E-state index in [0.717, 1.165) is 4.52 Å². The van der Waals surface area contributed by atoms with Gasteiger partial charge in [-0.25, -0.2) is 4.52 Å². The van der Waals surface area contributed by atoms with Crippen molar-refractivity contribution < 1.29 is 26.3 Å². The van der Waals surface area contributed by atoms with Gasteiger partial charge in [-0.3, -0.25) is 0 Å². The Kier molecular flexibility index (Phi) is 6.41. The second-order valence-electron chi connectivity index (χ2n) is 9.42. The third-order valence-corrected chi connectivity index (χ3v) is 6.86. The standard InChI is InChI=1S/C33H20F6N2/c34-32(35,36)28-30-27(23-17-9-3-10-18-23)25(21-13-5-1-6-14-21)26(22-15-7-2-8-16-22)29(24-19-11-4-12-20-24)41(30)40-31(28)33(37,38)39/h1-20H. The lowest BCUT2D eigenvalue weighted by atomic mass is 9.84. The van der Waals surface area contributed by atoms with Crippen molar-refractivity contribution in [3.8, 4) is 44.6 Å². The molecule has 6 aromatic rings. The van der Waals surface area contributed by atoms with Gasteiger partial charge in [0.1, 0.15) is 5.56 Å². The third-order valence-electron chi connectivity index (χ3n) is 6.86. The van der Waals surface area contributed by atoms with E-state index in [9.17, 15) is 26.3 Å². The van der Waals surface area contributed by atoms with Gasteiger partial charge >= 0.3 is 12.4 Å². The van der Waals surface area contributed by atoms with Gasteiger partial charge in [0.25, 0.3) is 0 Å². The Morgan fingerprint density at radius 3 is 1.24 bits per heavy atom. The smallest absolute Gasteiger partial charge is 0.231 e. The number of fused-ring (bicyclic) bond motifs is 1. The summed E-state index contributed by atoms with van der Waals surface area (Å²) in [6.07, 6.45) is -10.7. The normalized spacial score (nSPS) is 12.1. The fourth-order valence-electron chi connectivity index (χ4n) is 5.27. The average Bonchev–Trinajstić information content (AvgIpc) is 3.40. The van der Waals surface area contributed by atoms with E-state index in [1.807, 2.05) is 0 Å². The molecule has 0 aliphatic heterocycles. The number of halogens is 6. The molecule has 0 radical (unpaired) electrons. The summed E-state index contributed by atoms with van der Waals surface area (Å²) >= 11 is 0. The molecular formula is C33H20F6N2. The minimum Gasteiger partial charge on any atom is -0.231 e. The van der Waals surface area contributed by atoms with Crippen LogP contribution in [0.5, 0.6) is 0 Å². The molecule has 204 valence electrons. The quantitative estimate of drug-likeness (QED) is 0.197. The van der Waals surface area contributed by atoms with E-state index in [0.29, 0.717) is 33.4 Å². The summed E-state index contributed by atoms with van der Waals surface area (Å²) in [6, 6.07) is 34.2. The summed E-state index contributed by atoms with van der Waals surface area (Å²) in [7, 11) is 0. The van der Waals surface area contributed by atoms with Crippen molar-refractivity contribution in [2.75, 3.05) is 0 Å². The first-order valence-electron chi connectivity index (χ1n) is 12.6. The van der Waals surface area contributed by atoms with E-state index in [1.165, 1.54) is 0 Å². The zero-order valence-corrected chi connectivity index (χ0v) is 21.2. The Hall–Kier alpha value is -4.85. The number of nitrogens with zero attached hydrogens (tertiary/aromatic N) is 2. The highest BCUT2D eigenvalue weighted by Crippen LogP contribution is 2.52. The summed E-state index contributed by atoms with van der Waals surface area (Å²) in [6.45, 7) is 0. The fraction of sp³-hybridized carbons (Fsp3) is 0.0606. The lowest BCUT2D eigenvalue weighted by molar-refractivity contribution is -0.163. The fourth-order valence-corrected chi connectivity index (χ4v) is 5.27. The molecule has 0 fully saturated rings. The first kappa shape index (κ1) is 26.4. The maximum atomic E-state index is 14.8. The van der Waals surface area contributed by atoms with Crippen LogP contribution in [0.4, 0.5) is 26.3 Å². The van der Waals surface area contributed by atoms with Crippen LogP contribution in [0.3, 0.4) is 0 Å². The van der Waals surface area contributed by atoms with Crippen LogP contribution in [0.2, 0.25) is 0 Å². The zero-order chi connectivity index (χ0) is 28.8. The molecule has 2 nitrogen and oxygen atoms in total. The van der Waals surface area contributed by atoms with E-state index in [1.54, 1.807) is 121 Å². The molecule has 0 unspecified atom stereocenters. The van der Waals surface area contributed by atoms with Gasteiger partial charge in [-0.15, -0.1) is 0 Å². The van der Waals surface area contributed by atoms with Crippen molar-refractivity contribution in [1.82, 2.24) is 9.61 Å². The Morgan fingerprint density at radius 1 is 0.439 bits per heavy atom. The lowest BCUT2D eigenvalue weighted by Gasteiger charge is -2.23. The maximum absolute atomic E-state index is 14.8. The predicted octanol–water partition coefficient (Wildman–Crippen LogP) is 10.0. The van der Waals surface area contributed by atoms with Gasteiger partial charge in [-0.2, -0.15) is 31.4 Å². The molecule has 41 heavy (non-hydrogen) atoms. The number of hydrogen-bond donors (Lipinski definition) is 0. The summed E-state index contributed by atoms with van der Waals surface area (Å²) in [4.78, 5) is 0. The largest absolute Gasteiger partial charge is 0.435 e. The summed E-state index contributed by atoms with van der Waals surface area (Å²) in [5, 5.41) is 3.71.